The summed E-state index contributed by atoms with van der Waals surface area (Å²) < 4.78 is 0. The van der Waals surface area contributed by atoms with Crippen LogP contribution >= 0.6 is 37.1 Å². The predicted molar refractivity (Wildman–Crippen MR) is 47.7 cm³/mol. The van der Waals surface area contributed by atoms with Gasteiger partial charge in [-0.05, 0) is 24.4 Å². The lowest BCUT2D eigenvalue weighted by Crippen LogP contribution is -1.99. The fourth-order valence-electron chi connectivity index (χ4n) is 0.232. The zero-order chi connectivity index (χ0) is 7.11. The average Bonchev–Trinajstić information content (AvgIpc) is 1.88. The monoisotopic (exact) mass is 176 g/mol. The Bertz CT molecular complexity index is 149. The lowest BCUT2D eigenvalue weighted by atomic mass is 10.6. The van der Waals surface area contributed by atoms with E-state index in [4.69, 9.17) is 0 Å². The van der Waals surface area contributed by atoms with Gasteiger partial charge in [0, 0.05) is 5.75 Å². The molecule has 0 aliphatic carbocycles. The molecule has 0 rings (SSSR count). The van der Waals surface area contributed by atoms with E-state index in [0.717, 1.165) is 0 Å². The fraction of sp³-hybridized carbons (Fsp3) is 0.500. The Hall–Kier alpha value is -0.0500. The Balaban J connectivity index is 3.97. The van der Waals surface area contributed by atoms with Crippen molar-refractivity contribution in [3.05, 3.63) is 0 Å². The summed E-state index contributed by atoms with van der Waals surface area (Å²) >= 11 is 12.6. The Morgan fingerprint density at radius 2 is 1.78 bits per heavy atom. The van der Waals surface area contributed by atoms with E-state index < -0.39 is 0 Å². The zero-order valence-electron chi connectivity index (χ0n) is 4.44. The Morgan fingerprint density at radius 1 is 1.33 bits per heavy atom. The smallest absolute Gasteiger partial charge is 0.168 e. The van der Waals surface area contributed by atoms with Crippen LogP contribution in [-0.2, 0) is 0 Å². The molecule has 0 heterocycles. The zero-order valence-corrected chi connectivity index (χ0v) is 6.97. The Kier molecular flexibility index (Phi) is 6.04. The van der Waals surface area contributed by atoms with Crippen LogP contribution in [0.5, 0.6) is 0 Å². The van der Waals surface area contributed by atoms with E-state index in [1.165, 1.54) is 0 Å². The van der Waals surface area contributed by atoms with Gasteiger partial charge in [-0.1, -0.05) is 0 Å². The van der Waals surface area contributed by atoms with Crippen molar-refractivity contribution >= 4 is 47.4 Å². The molecule has 0 bridgehead atoms. The summed E-state index contributed by atoms with van der Waals surface area (Å²) in [4.78, 5) is 7.25. The number of thiocarbonyl (C=S) groups is 2. The molecule has 5 heteroatoms. The number of thiol groups is 1. The topological polar surface area (TPSA) is 24.7 Å². The van der Waals surface area contributed by atoms with Gasteiger partial charge >= 0.3 is 0 Å². The third-order valence-electron chi connectivity index (χ3n) is 0.567. The van der Waals surface area contributed by atoms with Crippen molar-refractivity contribution in [2.75, 3.05) is 5.75 Å². The summed E-state index contributed by atoms with van der Waals surface area (Å²) in [6.07, 6.45) is -0.302. The van der Waals surface area contributed by atoms with Crippen LogP contribution in [0.2, 0.25) is 0 Å². The Morgan fingerprint density at radius 3 is 2.00 bits per heavy atom. The van der Waals surface area contributed by atoms with Crippen LogP contribution in [0.4, 0.5) is 0 Å². The summed E-state index contributed by atoms with van der Waals surface area (Å²) in [7, 11) is 0. The van der Waals surface area contributed by atoms with Gasteiger partial charge in [0.25, 0.3) is 0 Å². The molecule has 0 saturated carbocycles. The molecule has 0 spiro atoms. The minimum atomic E-state index is -0.302. The van der Waals surface area contributed by atoms with E-state index in [2.05, 4.69) is 57.4 Å². The third-order valence-corrected chi connectivity index (χ3v) is 1.10. The molecule has 0 radical (unpaired) electrons. The second kappa shape index (κ2) is 6.08. The Labute approximate surface area is 69.5 Å². The van der Waals surface area contributed by atoms with Crippen LogP contribution in [0.15, 0.2) is 9.98 Å². The quantitative estimate of drug-likeness (QED) is 0.400. The molecule has 0 fully saturated rings. The van der Waals surface area contributed by atoms with Gasteiger partial charge < -0.3 is 0 Å². The van der Waals surface area contributed by atoms with E-state index >= 15 is 0 Å². The van der Waals surface area contributed by atoms with Gasteiger partial charge in [-0.2, -0.15) is 12.6 Å². The SMILES string of the molecule is S=C=NC(CS)N=C=S. The number of aliphatic imine (C=N–C) groups is 2. The van der Waals surface area contributed by atoms with Crippen molar-refractivity contribution in [2.45, 2.75) is 6.17 Å². The second-order valence-electron chi connectivity index (χ2n) is 1.10. The van der Waals surface area contributed by atoms with Crippen molar-refractivity contribution in [3.8, 4) is 0 Å². The van der Waals surface area contributed by atoms with Crippen LogP contribution in [-0.4, -0.2) is 22.2 Å². The first-order chi connectivity index (χ1) is 4.35. The fourth-order valence-corrected chi connectivity index (χ4v) is 0.639. The number of rotatable bonds is 3. The molecule has 2 nitrogen and oxygen atoms in total. The molecule has 0 aliphatic rings. The van der Waals surface area contributed by atoms with Crippen LogP contribution in [0.3, 0.4) is 0 Å². The van der Waals surface area contributed by atoms with Crippen LogP contribution < -0.4 is 0 Å². The molecule has 0 aliphatic heterocycles. The van der Waals surface area contributed by atoms with Gasteiger partial charge in [-0.25, -0.2) is 9.98 Å². The maximum atomic E-state index is 4.34. The van der Waals surface area contributed by atoms with E-state index in [0.29, 0.717) is 5.75 Å². The van der Waals surface area contributed by atoms with Gasteiger partial charge in [-0.15, -0.1) is 0 Å². The van der Waals surface area contributed by atoms with Gasteiger partial charge in [0.1, 0.15) is 0 Å². The maximum absolute atomic E-state index is 4.34. The predicted octanol–water partition coefficient (Wildman–Crippen LogP) is 1.45. The number of hydrogen-bond acceptors (Lipinski definition) is 5. The van der Waals surface area contributed by atoms with E-state index in [9.17, 15) is 0 Å². The highest BCUT2D eigenvalue weighted by atomic mass is 32.1. The molecule has 0 atom stereocenters. The van der Waals surface area contributed by atoms with Gasteiger partial charge in [0.2, 0.25) is 0 Å². The van der Waals surface area contributed by atoms with Crippen LogP contribution in [0.25, 0.3) is 0 Å². The molecule has 0 aromatic rings. The standard InChI is InChI=1S/C4H4N2S3/c7-1-4(5-2-8)6-3-9/h4,7H,1H2. The van der Waals surface area contributed by atoms with Crippen molar-refractivity contribution in [1.82, 2.24) is 0 Å². The molecule has 0 aromatic heterocycles. The summed E-state index contributed by atoms with van der Waals surface area (Å²) in [6, 6.07) is 0. The average molecular weight is 176 g/mol. The molecular formula is C4H4N2S3. The summed E-state index contributed by atoms with van der Waals surface area (Å²) in [6.45, 7) is 0. The number of isothiocyanates is 2. The molecule has 0 unspecified atom stereocenters. The van der Waals surface area contributed by atoms with Crippen molar-refractivity contribution < 1.29 is 0 Å². The first kappa shape index (κ1) is 8.95. The first-order valence-corrected chi connectivity index (χ1v) is 3.55. The molecule has 0 saturated heterocycles. The molecular weight excluding hydrogens is 172 g/mol. The van der Waals surface area contributed by atoms with Gasteiger partial charge in [0.05, 0.1) is 10.3 Å². The molecule has 0 aromatic carbocycles. The summed E-state index contributed by atoms with van der Waals surface area (Å²) in [5.74, 6) is 0.479. The largest absolute Gasteiger partial charge is 0.204 e. The van der Waals surface area contributed by atoms with Crippen molar-refractivity contribution in [3.63, 3.8) is 0 Å². The van der Waals surface area contributed by atoms with Crippen LogP contribution in [0.1, 0.15) is 0 Å². The minimum absolute atomic E-state index is 0.302. The highest BCUT2D eigenvalue weighted by Crippen LogP contribution is 1.92. The molecule has 48 valence electrons. The highest BCUT2D eigenvalue weighted by Gasteiger charge is 1.95. The maximum Gasteiger partial charge on any atom is 0.168 e. The lowest BCUT2D eigenvalue weighted by molar-refractivity contribution is 0.823. The van der Waals surface area contributed by atoms with Gasteiger partial charge in [-0.3, -0.25) is 0 Å². The van der Waals surface area contributed by atoms with Gasteiger partial charge in [0.15, 0.2) is 6.17 Å². The van der Waals surface area contributed by atoms with E-state index in [-0.39, 0.29) is 6.17 Å². The van der Waals surface area contributed by atoms with E-state index in [1.54, 1.807) is 0 Å². The third kappa shape index (κ3) is 4.45. The highest BCUT2D eigenvalue weighted by molar-refractivity contribution is 7.80. The molecule has 0 amide bonds. The van der Waals surface area contributed by atoms with Crippen LogP contribution in [0, 0.1) is 0 Å². The van der Waals surface area contributed by atoms with Crippen molar-refractivity contribution in [1.29, 1.82) is 0 Å². The molecule has 9 heavy (non-hydrogen) atoms. The second-order valence-corrected chi connectivity index (χ2v) is 1.83. The number of hydrogen-bond donors (Lipinski definition) is 1. The normalized spacial score (nSPS) is 10.8. The number of nitrogens with zero attached hydrogens (tertiary/aromatic N) is 2. The summed E-state index contributed by atoms with van der Waals surface area (Å²) in [5, 5.41) is 4.37. The molecule has 0 N–H and O–H groups in total. The van der Waals surface area contributed by atoms with Crippen molar-refractivity contribution in [2.24, 2.45) is 9.98 Å². The summed E-state index contributed by atoms with van der Waals surface area (Å²) in [5.41, 5.74) is 0. The van der Waals surface area contributed by atoms with E-state index in [1.807, 2.05) is 0 Å². The first-order valence-electron chi connectivity index (χ1n) is 2.10. The lowest BCUT2D eigenvalue weighted by Gasteiger charge is -1.93. The minimum Gasteiger partial charge on any atom is -0.204 e.